The maximum atomic E-state index is 13.7. The number of rotatable bonds is 4. The summed E-state index contributed by atoms with van der Waals surface area (Å²) < 4.78 is 17.2. The van der Waals surface area contributed by atoms with E-state index in [1.807, 2.05) is 6.07 Å². The van der Waals surface area contributed by atoms with E-state index in [4.69, 9.17) is 19.9 Å². The van der Waals surface area contributed by atoms with Crippen molar-refractivity contribution < 1.29 is 23.8 Å². The van der Waals surface area contributed by atoms with E-state index in [9.17, 15) is 14.4 Å². The number of carbonyl (C=O) groups is 2. The molecule has 3 heterocycles. The lowest BCUT2D eigenvalue weighted by Crippen LogP contribution is -2.49. The number of esters is 1. The van der Waals surface area contributed by atoms with Gasteiger partial charge in [-0.3, -0.25) is 9.59 Å². The summed E-state index contributed by atoms with van der Waals surface area (Å²) in [5.74, 6) is -0.905. The third kappa shape index (κ3) is 2.90. The number of hydrogen-bond acceptors (Lipinski definition) is 7. The zero-order valence-corrected chi connectivity index (χ0v) is 18.2. The first-order valence-corrected chi connectivity index (χ1v) is 10.9. The summed E-state index contributed by atoms with van der Waals surface area (Å²) in [4.78, 5) is 43.6. The minimum Gasteiger partial charge on any atom is -0.485 e. The van der Waals surface area contributed by atoms with Gasteiger partial charge in [0.15, 0.2) is 17.9 Å². The Hall–Kier alpha value is -4.85. The first-order chi connectivity index (χ1) is 17.0. The molecule has 2 aliphatic rings. The first-order valence-electron chi connectivity index (χ1n) is 10.9. The fourth-order valence-electron chi connectivity index (χ4n) is 4.84. The van der Waals surface area contributed by atoms with Gasteiger partial charge in [0, 0.05) is 10.9 Å². The van der Waals surface area contributed by atoms with E-state index in [0.29, 0.717) is 22.2 Å². The number of fused-ring (bicyclic) bond motifs is 6. The zero-order valence-electron chi connectivity index (χ0n) is 18.2. The number of Topliss-reactive ketones (excluding diaryl/α,β-unsaturated/α-hetero) is 1. The topological polar surface area (TPSA) is 121 Å². The van der Waals surface area contributed by atoms with Crippen molar-refractivity contribution in [2.75, 3.05) is 6.61 Å². The second-order valence-electron chi connectivity index (χ2n) is 8.21. The van der Waals surface area contributed by atoms with Crippen molar-refractivity contribution in [2.24, 2.45) is 5.73 Å². The van der Waals surface area contributed by atoms with Crippen molar-refractivity contribution in [2.45, 2.75) is 5.41 Å². The van der Waals surface area contributed by atoms with Gasteiger partial charge in [-0.1, -0.05) is 48.5 Å². The summed E-state index contributed by atoms with van der Waals surface area (Å²) in [6.45, 7) is -0.429. The highest BCUT2D eigenvalue weighted by Gasteiger charge is 2.61. The van der Waals surface area contributed by atoms with Crippen LogP contribution in [0.5, 0.6) is 17.2 Å². The Morgan fingerprint density at radius 2 is 1.63 bits per heavy atom. The summed E-state index contributed by atoms with van der Waals surface area (Å²) in [5.41, 5.74) is 4.42. The molecule has 1 spiro atoms. The van der Waals surface area contributed by atoms with Crippen LogP contribution < -0.4 is 25.5 Å². The van der Waals surface area contributed by atoms with Gasteiger partial charge in [-0.25, -0.2) is 4.79 Å². The van der Waals surface area contributed by atoms with Crippen LogP contribution in [0.4, 0.5) is 0 Å². The molecular weight excluding hydrogens is 448 g/mol. The van der Waals surface area contributed by atoms with Crippen LogP contribution in [0, 0.1) is 0 Å². The van der Waals surface area contributed by atoms with Crippen molar-refractivity contribution >= 4 is 22.7 Å². The van der Waals surface area contributed by atoms with E-state index < -0.39 is 29.3 Å². The van der Waals surface area contributed by atoms with Gasteiger partial charge in [0.05, 0.1) is 16.7 Å². The second-order valence-corrected chi connectivity index (χ2v) is 8.21. The fraction of sp³-hybridized carbons (Fsp3) is 0.0741. The van der Waals surface area contributed by atoms with Gasteiger partial charge in [-0.05, 0) is 30.3 Å². The van der Waals surface area contributed by atoms with Gasteiger partial charge >= 0.3 is 5.97 Å². The number of benzene rings is 3. The molecule has 3 N–H and O–H groups in total. The Balaban J connectivity index is 1.61. The summed E-state index contributed by atoms with van der Waals surface area (Å²) in [6, 6.07) is 22.4. The minimum absolute atomic E-state index is 0.0524. The Kier molecular flexibility index (Phi) is 4.50. The van der Waals surface area contributed by atoms with E-state index in [1.54, 1.807) is 72.8 Å². The number of pyridine rings is 1. The maximum absolute atomic E-state index is 13.7. The largest absolute Gasteiger partial charge is 0.485 e. The van der Waals surface area contributed by atoms with E-state index in [2.05, 4.69) is 4.98 Å². The number of hydrogen-bond donors (Lipinski definition) is 2. The average molecular weight is 466 g/mol. The molecule has 172 valence electrons. The van der Waals surface area contributed by atoms with Crippen LogP contribution in [0.2, 0.25) is 0 Å². The zero-order chi connectivity index (χ0) is 24.2. The highest BCUT2D eigenvalue weighted by molar-refractivity contribution is 6.13. The Morgan fingerprint density at radius 1 is 0.914 bits per heavy atom. The molecular formula is C27H18N2O6. The average Bonchev–Trinajstić information content (AvgIpc) is 3.15. The summed E-state index contributed by atoms with van der Waals surface area (Å²) in [6.07, 6.45) is 0. The quantitative estimate of drug-likeness (QED) is 0.350. The second kappa shape index (κ2) is 7.59. The normalized spacial score (nSPS) is 18.1. The van der Waals surface area contributed by atoms with Crippen LogP contribution in [0.1, 0.15) is 11.1 Å². The number of aromatic nitrogens is 1. The van der Waals surface area contributed by atoms with Crippen LogP contribution in [0.3, 0.4) is 0 Å². The Morgan fingerprint density at radius 3 is 2.46 bits per heavy atom. The van der Waals surface area contributed by atoms with E-state index in [0.717, 1.165) is 0 Å². The van der Waals surface area contributed by atoms with Crippen molar-refractivity contribution in [3.63, 3.8) is 0 Å². The number of aromatic amines is 1. The molecule has 0 fully saturated rings. The predicted molar refractivity (Wildman–Crippen MR) is 126 cm³/mol. The molecule has 35 heavy (non-hydrogen) atoms. The summed E-state index contributed by atoms with van der Waals surface area (Å²) >= 11 is 0. The molecule has 8 nitrogen and oxygen atoms in total. The maximum Gasteiger partial charge on any atom is 0.331 e. The highest BCUT2D eigenvalue weighted by atomic mass is 16.5. The third-order valence-corrected chi connectivity index (χ3v) is 6.27. The predicted octanol–water partition coefficient (Wildman–Crippen LogP) is 2.94. The summed E-state index contributed by atoms with van der Waals surface area (Å²) in [7, 11) is 0. The lowest BCUT2D eigenvalue weighted by molar-refractivity contribution is -0.137. The molecule has 0 aliphatic carbocycles. The molecule has 1 atom stereocenters. The van der Waals surface area contributed by atoms with Gasteiger partial charge in [0.1, 0.15) is 17.2 Å². The lowest BCUT2D eigenvalue weighted by atomic mass is 9.67. The van der Waals surface area contributed by atoms with Gasteiger partial charge < -0.3 is 24.9 Å². The van der Waals surface area contributed by atoms with Gasteiger partial charge in [-0.2, -0.15) is 0 Å². The molecule has 0 unspecified atom stereocenters. The number of para-hydroxylation sites is 3. The Bertz CT molecular complexity index is 1620. The molecule has 0 saturated heterocycles. The third-order valence-electron chi connectivity index (χ3n) is 6.27. The van der Waals surface area contributed by atoms with E-state index >= 15 is 0 Å². The molecule has 6 rings (SSSR count). The standard InChI is InChI=1S/C27H18N2O6/c28-24-21(19(30)14-33-15-8-2-1-3-9-15)27(17-11-5-7-13-20(17)34-26(27)32)22-23(35-24)16-10-4-6-12-18(16)29-25(22)31/h1-13H,14,28H2,(H,29,31)/t27-/m0/s1. The van der Waals surface area contributed by atoms with Crippen molar-refractivity contribution in [3.05, 3.63) is 112 Å². The SMILES string of the molecule is NC1=C(C(=O)COc2ccccc2)[C@]2(C(=O)Oc3ccccc32)c2c(c3ccccc3[nH]c2=O)O1. The van der Waals surface area contributed by atoms with Crippen molar-refractivity contribution in [3.8, 4) is 17.2 Å². The van der Waals surface area contributed by atoms with Gasteiger partial charge in [0.2, 0.25) is 5.78 Å². The number of ether oxygens (including phenoxy) is 3. The summed E-state index contributed by atoms with van der Waals surface area (Å²) in [5, 5.41) is 0.536. The molecule has 4 aromatic rings. The highest BCUT2D eigenvalue weighted by Crippen LogP contribution is 2.54. The van der Waals surface area contributed by atoms with Crippen LogP contribution in [-0.4, -0.2) is 23.3 Å². The van der Waals surface area contributed by atoms with Crippen molar-refractivity contribution in [1.82, 2.24) is 4.98 Å². The molecule has 1 aromatic heterocycles. The fourth-order valence-corrected chi connectivity index (χ4v) is 4.84. The smallest absolute Gasteiger partial charge is 0.331 e. The molecule has 0 saturated carbocycles. The van der Waals surface area contributed by atoms with Crippen LogP contribution in [0.25, 0.3) is 10.9 Å². The molecule has 0 bridgehead atoms. The molecule has 3 aromatic carbocycles. The van der Waals surface area contributed by atoms with Gasteiger partial charge in [0.25, 0.3) is 5.56 Å². The van der Waals surface area contributed by atoms with E-state index in [1.165, 1.54) is 0 Å². The lowest BCUT2D eigenvalue weighted by Gasteiger charge is -2.34. The Labute approximate surface area is 198 Å². The number of carbonyl (C=O) groups excluding carboxylic acids is 2. The molecule has 2 aliphatic heterocycles. The van der Waals surface area contributed by atoms with Gasteiger partial charge in [-0.15, -0.1) is 0 Å². The molecule has 8 heteroatoms. The first kappa shape index (κ1) is 20.7. The van der Waals surface area contributed by atoms with Crippen LogP contribution in [-0.2, 0) is 15.0 Å². The van der Waals surface area contributed by atoms with E-state index in [-0.39, 0.29) is 28.5 Å². The number of H-pyrrole nitrogens is 1. The number of ketones is 1. The van der Waals surface area contributed by atoms with Crippen molar-refractivity contribution in [1.29, 1.82) is 0 Å². The monoisotopic (exact) mass is 466 g/mol. The molecule has 0 radical (unpaired) electrons. The number of nitrogens with two attached hydrogens (primary N) is 1. The molecule has 0 amide bonds. The minimum atomic E-state index is -1.91. The number of nitrogens with one attached hydrogen (secondary N) is 1. The van der Waals surface area contributed by atoms with Crippen LogP contribution in [0.15, 0.2) is 95.1 Å². The van der Waals surface area contributed by atoms with Crippen LogP contribution >= 0.6 is 0 Å².